The summed E-state index contributed by atoms with van der Waals surface area (Å²) in [5, 5.41) is 0. The minimum Gasteiger partial charge on any atom is -0.370 e. The Balaban J connectivity index is 2.83. The molecule has 5 nitrogen and oxygen atoms in total. The van der Waals surface area contributed by atoms with E-state index in [4.69, 9.17) is 5.73 Å². The lowest BCUT2D eigenvalue weighted by Crippen LogP contribution is -2.65. The quantitative estimate of drug-likeness (QED) is 0.565. The molecule has 1 saturated heterocycles. The second kappa shape index (κ2) is 4.94. The molecule has 0 unspecified atom stereocenters. The highest BCUT2D eigenvalue weighted by atomic mass is 16.2. The third-order valence-electron chi connectivity index (χ3n) is 3.10. The predicted octanol–water partition coefficient (Wildman–Crippen LogP) is 0.510. The van der Waals surface area contributed by atoms with Crippen LogP contribution in [0.15, 0.2) is 4.99 Å². The van der Waals surface area contributed by atoms with Gasteiger partial charge in [0.1, 0.15) is 5.54 Å². The Bertz CT molecular complexity index is 322. The third kappa shape index (κ3) is 2.90. The van der Waals surface area contributed by atoms with Crippen molar-refractivity contribution in [1.82, 2.24) is 9.80 Å². The van der Waals surface area contributed by atoms with E-state index in [1.807, 2.05) is 25.8 Å². The van der Waals surface area contributed by atoms with Crippen LogP contribution < -0.4 is 5.73 Å². The highest BCUT2D eigenvalue weighted by Gasteiger charge is 2.41. The molecule has 0 spiro atoms. The van der Waals surface area contributed by atoms with Crippen molar-refractivity contribution in [3.05, 3.63) is 0 Å². The normalized spacial score (nSPS) is 21.3. The second-order valence-corrected chi connectivity index (χ2v) is 5.53. The van der Waals surface area contributed by atoms with Crippen molar-refractivity contribution in [1.29, 1.82) is 0 Å². The van der Waals surface area contributed by atoms with E-state index in [2.05, 4.69) is 18.8 Å². The molecule has 5 heteroatoms. The number of nitrogens with zero attached hydrogens (tertiary/aromatic N) is 3. The maximum absolute atomic E-state index is 12.1. The summed E-state index contributed by atoms with van der Waals surface area (Å²) < 4.78 is 0. The van der Waals surface area contributed by atoms with Crippen LogP contribution in [0.3, 0.4) is 0 Å². The summed E-state index contributed by atoms with van der Waals surface area (Å²) in [7, 11) is 1.82. The Morgan fingerprint density at radius 1 is 1.47 bits per heavy atom. The molecule has 0 bridgehead atoms. The Hall–Kier alpha value is -1.26. The summed E-state index contributed by atoms with van der Waals surface area (Å²) in [5.74, 6) is 1.04. The van der Waals surface area contributed by atoms with Crippen LogP contribution in [0.5, 0.6) is 0 Å². The first-order valence-electron chi connectivity index (χ1n) is 6.10. The molecule has 0 aromatic rings. The zero-order valence-corrected chi connectivity index (χ0v) is 11.5. The van der Waals surface area contributed by atoms with Gasteiger partial charge in [-0.2, -0.15) is 0 Å². The topological polar surface area (TPSA) is 61.9 Å². The van der Waals surface area contributed by atoms with Gasteiger partial charge in [0.05, 0.1) is 0 Å². The molecule has 1 amide bonds. The molecular formula is C12H24N4O. The van der Waals surface area contributed by atoms with Gasteiger partial charge in [0.15, 0.2) is 5.96 Å². The number of nitrogens with two attached hydrogens (primary N) is 1. The fourth-order valence-electron chi connectivity index (χ4n) is 1.98. The molecule has 1 heterocycles. The summed E-state index contributed by atoms with van der Waals surface area (Å²) in [6.45, 7) is 10.1. The molecule has 0 atom stereocenters. The number of amides is 1. The van der Waals surface area contributed by atoms with Gasteiger partial charge >= 0.3 is 0 Å². The van der Waals surface area contributed by atoms with Gasteiger partial charge in [-0.25, -0.2) is 0 Å². The minimum atomic E-state index is -0.600. The van der Waals surface area contributed by atoms with Crippen molar-refractivity contribution in [2.45, 2.75) is 33.2 Å². The van der Waals surface area contributed by atoms with Crippen LogP contribution in [-0.2, 0) is 4.79 Å². The van der Waals surface area contributed by atoms with E-state index < -0.39 is 5.54 Å². The maximum atomic E-state index is 12.1. The smallest absolute Gasteiger partial charge is 0.247 e. The first-order valence-corrected chi connectivity index (χ1v) is 6.10. The summed E-state index contributed by atoms with van der Waals surface area (Å²) >= 11 is 0. The predicted molar refractivity (Wildman–Crippen MR) is 69.7 cm³/mol. The number of carbonyl (C=O) groups is 1. The van der Waals surface area contributed by atoms with Gasteiger partial charge in [-0.3, -0.25) is 9.79 Å². The Labute approximate surface area is 104 Å². The highest BCUT2D eigenvalue weighted by molar-refractivity contribution is 5.92. The number of hydrogen-bond donors (Lipinski definition) is 1. The molecule has 98 valence electrons. The molecule has 0 aliphatic carbocycles. The van der Waals surface area contributed by atoms with Crippen molar-refractivity contribution in [3.8, 4) is 0 Å². The number of carbonyl (C=O) groups excluding carboxylic acids is 1. The molecule has 1 rings (SSSR count). The van der Waals surface area contributed by atoms with E-state index in [1.54, 1.807) is 4.90 Å². The van der Waals surface area contributed by atoms with E-state index in [-0.39, 0.29) is 5.91 Å². The van der Waals surface area contributed by atoms with Gasteiger partial charge in [-0.15, -0.1) is 0 Å². The largest absolute Gasteiger partial charge is 0.370 e. The van der Waals surface area contributed by atoms with Crippen LogP contribution in [0.25, 0.3) is 0 Å². The number of likely N-dealkylation sites (N-methyl/N-ethyl adjacent to an activating group) is 1. The van der Waals surface area contributed by atoms with Gasteiger partial charge < -0.3 is 15.5 Å². The van der Waals surface area contributed by atoms with Crippen molar-refractivity contribution < 1.29 is 4.79 Å². The fraction of sp³-hybridized carbons (Fsp3) is 0.833. The molecule has 1 fully saturated rings. The molecule has 1 aliphatic heterocycles. The first-order chi connectivity index (χ1) is 7.76. The number of guanidine groups is 1. The van der Waals surface area contributed by atoms with Crippen molar-refractivity contribution >= 4 is 11.9 Å². The maximum Gasteiger partial charge on any atom is 0.247 e. The summed E-state index contributed by atoms with van der Waals surface area (Å²) in [5.41, 5.74) is 5.39. The van der Waals surface area contributed by atoms with Gasteiger partial charge in [-0.1, -0.05) is 13.8 Å². The summed E-state index contributed by atoms with van der Waals surface area (Å²) in [6.07, 6.45) is 0. The van der Waals surface area contributed by atoms with E-state index >= 15 is 0 Å². The first kappa shape index (κ1) is 13.8. The van der Waals surface area contributed by atoms with E-state index in [9.17, 15) is 4.79 Å². The molecule has 0 aromatic heterocycles. The summed E-state index contributed by atoms with van der Waals surface area (Å²) in [4.78, 5) is 20.1. The number of hydrogen-bond acceptors (Lipinski definition) is 2. The average Bonchev–Trinajstić information content (AvgIpc) is 2.23. The highest BCUT2D eigenvalue weighted by Crippen LogP contribution is 2.21. The summed E-state index contributed by atoms with van der Waals surface area (Å²) in [6, 6.07) is 0. The van der Waals surface area contributed by atoms with E-state index in [1.165, 1.54) is 0 Å². The Morgan fingerprint density at radius 3 is 2.59 bits per heavy atom. The van der Waals surface area contributed by atoms with Gasteiger partial charge in [0, 0.05) is 26.7 Å². The van der Waals surface area contributed by atoms with Gasteiger partial charge in [0.2, 0.25) is 5.91 Å². The molecule has 0 aromatic carbocycles. The standard InChI is InChI=1S/C12H24N4O/c1-9(2)8-14-11(13)16-7-6-15(5)10(17)12(16,3)4/h9H,6-8H2,1-5H3,(H2,13,14). The lowest BCUT2D eigenvalue weighted by Gasteiger charge is -2.45. The molecule has 0 radical (unpaired) electrons. The minimum absolute atomic E-state index is 0.0893. The number of aliphatic imine (C=N–C) groups is 1. The fourth-order valence-corrected chi connectivity index (χ4v) is 1.98. The second-order valence-electron chi connectivity index (χ2n) is 5.53. The van der Waals surface area contributed by atoms with Crippen LogP contribution in [0.1, 0.15) is 27.7 Å². The third-order valence-corrected chi connectivity index (χ3v) is 3.10. The number of rotatable bonds is 2. The van der Waals surface area contributed by atoms with Crippen molar-refractivity contribution in [2.24, 2.45) is 16.6 Å². The van der Waals surface area contributed by atoms with Crippen molar-refractivity contribution in [3.63, 3.8) is 0 Å². The zero-order chi connectivity index (χ0) is 13.2. The Kier molecular flexibility index (Phi) is 4.01. The van der Waals surface area contributed by atoms with E-state index in [0.717, 1.165) is 6.54 Å². The van der Waals surface area contributed by atoms with Crippen LogP contribution >= 0.6 is 0 Å². The van der Waals surface area contributed by atoms with Crippen molar-refractivity contribution in [2.75, 3.05) is 26.7 Å². The monoisotopic (exact) mass is 240 g/mol. The average molecular weight is 240 g/mol. The molecule has 0 saturated carbocycles. The SMILES string of the molecule is CC(C)CN=C(N)N1CCN(C)C(=O)C1(C)C. The van der Waals surface area contributed by atoms with Crippen LogP contribution in [0.2, 0.25) is 0 Å². The molecular weight excluding hydrogens is 216 g/mol. The van der Waals surface area contributed by atoms with Gasteiger partial charge in [-0.05, 0) is 19.8 Å². The van der Waals surface area contributed by atoms with Crippen LogP contribution in [0, 0.1) is 5.92 Å². The molecule has 2 N–H and O–H groups in total. The van der Waals surface area contributed by atoms with E-state index in [0.29, 0.717) is 25.0 Å². The van der Waals surface area contributed by atoms with Crippen LogP contribution in [0.4, 0.5) is 0 Å². The molecule has 1 aliphatic rings. The molecule has 17 heavy (non-hydrogen) atoms. The lowest BCUT2D eigenvalue weighted by molar-refractivity contribution is -0.143. The Morgan fingerprint density at radius 2 is 2.06 bits per heavy atom. The zero-order valence-electron chi connectivity index (χ0n) is 11.5. The lowest BCUT2D eigenvalue weighted by atomic mass is 9.98. The number of piperazine rings is 1. The van der Waals surface area contributed by atoms with Gasteiger partial charge in [0.25, 0.3) is 0 Å². The van der Waals surface area contributed by atoms with Crippen LogP contribution in [-0.4, -0.2) is 53.9 Å².